The molecular weight excluding hydrogens is 263 g/mol. The highest BCUT2D eigenvalue weighted by molar-refractivity contribution is 5.71. The minimum atomic E-state index is -0.227. The maximum absolute atomic E-state index is 14.3. The second kappa shape index (κ2) is 5.80. The largest absolute Gasteiger partial charge is 0.496 e. The Labute approximate surface area is 123 Å². The molecule has 0 fully saturated rings. The Morgan fingerprint density at radius 3 is 2.24 bits per heavy atom. The molecule has 0 aliphatic carbocycles. The Hall–Kier alpha value is -2.61. The second-order valence-electron chi connectivity index (χ2n) is 4.71. The van der Waals surface area contributed by atoms with Crippen LogP contribution in [-0.2, 0) is 0 Å². The van der Waals surface area contributed by atoms with Gasteiger partial charge in [0.05, 0.1) is 7.11 Å². The fraction of sp³-hybridized carbons (Fsp3) is 0.0526. The fourth-order valence-electron chi connectivity index (χ4n) is 2.26. The zero-order valence-corrected chi connectivity index (χ0v) is 11.6. The molecule has 3 rings (SSSR count). The van der Waals surface area contributed by atoms with E-state index in [0.717, 1.165) is 16.7 Å². The molecule has 0 heterocycles. The lowest BCUT2D eigenvalue weighted by Crippen LogP contribution is -1.87. The standard InChI is InChI=1S/C19H14FO/c1-21-17-10-7-14(8-11-17)16-9-12-18(19(20)13-16)15-5-3-2-4-6-15/h2-10,12-13H,1H3. The van der Waals surface area contributed by atoms with Crippen LogP contribution in [0.5, 0.6) is 5.75 Å². The molecule has 103 valence electrons. The van der Waals surface area contributed by atoms with Crippen LogP contribution in [0.2, 0.25) is 0 Å². The number of hydrogen-bond acceptors (Lipinski definition) is 1. The van der Waals surface area contributed by atoms with Gasteiger partial charge in [0.2, 0.25) is 0 Å². The van der Waals surface area contributed by atoms with Gasteiger partial charge >= 0.3 is 0 Å². The van der Waals surface area contributed by atoms with Crippen molar-refractivity contribution in [3.63, 3.8) is 0 Å². The molecule has 3 aromatic carbocycles. The summed E-state index contributed by atoms with van der Waals surface area (Å²) < 4.78 is 19.4. The smallest absolute Gasteiger partial charge is 0.131 e. The molecule has 1 radical (unpaired) electrons. The first-order valence-corrected chi connectivity index (χ1v) is 6.69. The van der Waals surface area contributed by atoms with E-state index in [0.29, 0.717) is 11.3 Å². The molecule has 0 amide bonds. The van der Waals surface area contributed by atoms with Crippen LogP contribution in [0.4, 0.5) is 4.39 Å². The van der Waals surface area contributed by atoms with Crippen LogP contribution >= 0.6 is 0 Å². The average Bonchev–Trinajstić information content (AvgIpc) is 2.55. The zero-order chi connectivity index (χ0) is 14.7. The van der Waals surface area contributed by atoms with E-state index in [2.05, 4.69) is 6.07 Å². The van der Waals surface area contributed by atoms with Gasteiger partial charge in [-0.3, -0.25) is 0 Å². The third-order valence-electron chi connectivity index (χ3n) is 3.39. The summed E-state index contributed by atoms with van der Waals surface area (Å²) in [6.45, 7) is 0. The van der Waals surface area contributed by atoms with Crippen LogP contribution in [0, 0.1) is 11.9 Å². The van der Waals surface area contributed by atoms with Crippen molar-refractivity contribution in [2.24, 2.45) is 0 Å². The fourth-order valence-corrected chi connectivity index (χ4v) is 2.26. The Kier molecular flexibility index (Phi) is 3.69. The summed E-state index contributed by atoms with van der Waals surface area (Å²) >= 11 is 0. The first-order valence-electron chi connectivity index (χ1n) is 6.69. The van der Waals surface area contributed by atoms with Gasteiger partial charge in [-0.15, -0.1) is 0 Å². The number of hydrogen-bond donors (Lipinski definition) is 0. The number of ether oxygens (including phenoxy) is 1. The molecule has 0 aliphatic rings. The monoisotopic (exact) mass is 277 g/mol. The molecule has 0 spiro atoms. The molecule has 0 bridgehead atoms. The molecule has 21 heavy (non-hydrogen) atoms. The van der Waals surface area contributed by atoms with Gasteiger partial charge in [-0.25, -0.2) is 4.39 Å². The van der Waals surface area contributed by atoms with E-state index in [4.69, 9.17) is 4.74 Å². The van der Waals surface area contributed by atoms with Crippen molar-refractivity contribution in [3.8, 4) is 28.0 Å². The molecule has 0 aromatic heterocycles. The summed E-state index contributed by atoms with van der Waals surface area (Å²) in [5, 5.41) is 0. The molecule has 0 saturated carbocycles. The Morgan fingerprint density at radius 1 is 0.857 bits per heavy atom. The Morgan fingerprint density at radius 2 is 1.62 bits per heavy atom. The molecule has 3 aromatic rings. The molecule has 0 unspecified atom stereocenters. The highest BCUT2D eigenvalue weighted by Crippen LogP contribution is 2.28. The maximum atomic E-state index is 14.3. The third-order valence-corrected chi connectivity index (χ3v) is 3.39. The summed E-state index contributed by atoms with van der Waals surface area (Å²) in [6.07, 6.45) is 0. The minimum Gasteiger partial charge on any atom is -0.496 e. The molecule has 0 saturated heterocycles. The van der Waals surface area contributed by atoms with Crippen molar-refractivity contribution in [1.82, 2.24) is 0 Å². The predicted octanol–water partition coefficient (Wildman–Crippen LogP) is 4.97. The highest BCUT2D eigenvalue weighted by atomic mass is 19.1. The summed E-state index contributed by atoms with van der Waals surface area (Å²) in [7, 11) is 1.60. The van der Waals surface area contributed by atoms with Crippen molar-refractivity contribution in [1.29, 1.82) is 0 Å². The van der Waals surface area contributed by atoms with E-state index in [1.807, 2.05) is 54.6 Å². The summed E-state index contributed by atoms with van der Waals surface area (Å²) in [4.78, 5) is 0. The lowest BCUT2D eigenvalue weighted by molar-refractivity contribution is 0.414. The van der Waals surface area contributed by atoms with E-state index in [1.165, 1.54) is 0 Å². The van der Waals surface area contributed by atoms with Crippen molar-refractivity contribution >= 4 is 0 Å². The average molecular weight is 277 g/mol. The Balaban J connectivity index is 1.97. The van der Waals surface area contributed by atoms with Crippen LogP contribution in [0.1, 0.15) is 0 Å². The van der Waals surface area contributed by atoms with Gasteiger partial charge in [0.1, 0.15) is 11.6 Å². The van der Waals surface area contributed by atoms with Gasteiger partial charge in [0.25, 0.3) is 0 Å². The van der Waals surface area contributed by atoms with Crippen LogP contribution < -0.4 is 4.74 Å². The van der Waals surface area contributed by atoms with E-state index in [9.17, 15) is 4.39 Å². The van der Waals surface area contributed by atoms with Gasteiger partial charge in [0, 0.05) is 11.6 Å². The van der Waals surface area contributed by atoms with Gasteiger partial charge in [-0.1, -0.05) is 48.5 Å². The first-order chi connectivity index (χ1) is 10.3. The maximum Gasteiger partial charge on any atom is 0.131 e. The van der Waals surface area contributed by atoms with Crippen molar-refractivity contribution in [2.45, 2.75) is 0 Å². The molecular formula is C19H14FO. The van der Waals surface area contributed by atoms with Gasteiger partial charge < -0.3 is 4.74 Å². The number of benzene rings is 3. The first kappa shape index (κ1) is 13.4. The molecule has 0 N–H and O–H groups in total. The molecule has 0 atom stereocenters. The SMILES string of the molecule is COc1[c]cc(-c2ccc(-c3ccccc3)c(F)c2)cc1. The highest BCUT2D eigenvalue weighted by Gasteiger charge is 2.07. The van der Waals surface area contributed by atoms with E-state index >= 15 is 0 Å². The number of rotatable bonds is 3. The second-order valence-corrected chi connectivity index (χ2v) is 4.71. The molecule has 1 nitrogen and oxygen atoms in total. The third kappa shape index (κ3) is 2.79. The number of halogens is 1. The van der Waals surface area contributed by atoms with Crippen molar-refractivity contribution in [3.05, 3.63) is 78.6 Å². The summed E-state index contributed by atoms with van der Waals surface area (Å²) in [5.41, 5.74) is 3.22. The van der Waals surface area contributed by atoms with Crippen LogP contribution in [0.25, 0.3) is 22.3 Å². The number of methoxy groups -OCH3 is 1. The molecule has 2 heteroatoms. The van der Waals surface area contributed by atoms with Crippen molar-refractivity contribution in [2.75, 3.05) is 7.11 Å². The van der Waals surface area contributed by atoms with Crippen molar-refractivity contribution < 1.29 is 9.13 Å². The lowest BCUT2D eigenvalue weighted by atomic mass is 9.99. The van der Waals surface area contributed by atoms with E-state index < -0.39 is 0 Å². The molecule has 0 aliphatic heterocycles. The van der Waals surface area contributed by atoms with Gasteiger partial charge in [0.15, 0.2) is 0 Å². The summed E-state index contributed by atoms with van der Waals surface area (Å²) in [5.74, 6) is 0.439. The van der Waals surface area contributed by atoms with Crippen LogP contribution in [0.15, 0.2) is 66.7 Å². The summed E-state index contributed by atoms with van der Waals surface area (Å²) in [6, 6.07) is 23.3. The zero-order valence-electron chi connectivity index (χ0n) is 11.6. The van der Waals surface area contributed by atoms with E-state index in [1.54, 1.807) is 19.2 Å². The quantitative estimate of drug-likeness (QED) is 0.657. The normalized spacial score (nSPS) is 10.4. The predicted molar refractivity (Wildman–Crippen MR) is 82.7 cm³/mol. The lowest BCUT2D eigenvalue weighted by Gasteiger charge is -2.07. The van der Waals surface area contributed by atoms with Crippen LogP contribution in [0.3, 0.4) is 0 Å². The minimum absolute atomic E-state index is 0.227. The van der Waals surface area contributed by atoms with Gasteiger partial charge in [-0.2, -0.15) is 0 Å². The van der Waals surface area contributed by atoms with Crippen LogP contribution in [-0.4, -0.2) is 7.11 Å². The topological polar surface area (TPSA) is 9.23 Å². The van der Waals surface area contributed by atoms with E-state index in [-0.39, 0.29) is 5.82 Å². The Bertz CT molecular complexity index is 733. The van der Waals surface area contributed by atoms with Gasteiger partial charge in [-0.05, 0) is 34.9 Å².